The lowest BCUT2D eigenvalue weighted by molar-refractivity contribution is -0.117. The van der Waals surface area contributed by atoms with Crippen LogP contribution in [-0.4, -0.2) is 24.1 Å². The molecule has 0 saturated carbocycles. The molecule has 0 aliphatic heterocycles. The van der Waals surface area contributed by atoms with Crippen molar-refractivity contribution < 1.29 is 14.4 Å². The Morgan fingerprint density at radius 3 is 2.67 bits per heavy atom. The van der Waals surface area contributed by atoms with E-state index in [9.17, 15) is 9.90 Å². The number of likely N-dealkylation sites (N-methyl/N-ethyl adjacent to an activating group) is 1. The Labute approximate surface area is 109 Å². The molecule has 0 radical (unpaired) electrons. The summed E-state index contributed by atoms with van der Waals surface area (Å²) in [5, 5.41) is 14.8. The maximum atomic E-state index is 11.7. The number of anilines is 1. The molecule has 0 heterocycles. The van der Waals surface area contributed by atoms with Gasteiger partial charge in [-0.2, -0.15) is 0 Å². The van der Waals surface area contributed by atoms with Gasteiger partial charge < -0.3 is 20.3 Å². The van der Waals surface area contributed by atoms with Crippen LogP contribution >= 0.6 is 9.47 Å². The summed E-state index contributed by atoms with van der Waals surface area (Å²) in [5.74, 6) is -0.120. The topological polar surface area (TPSA) is 70.6 Å². The molecule has 0 aromatic heterocycles. The molecule has 1 aromatic rings. The van der Waals surface area contributed by atoms with Gasteiger partial charge in [-0.05, 0) is 37.2 Å². The lowest BCUT2D eigenvalue weighted by Crippen LogP contribution is -2.35. The summed E-state index contributed by atoms with van der Waals surface area (Å²) in [4.78, 5) is 11.7. The summed E-state index contributed by atoms with van der Waals surface area (Å²) in [5.41, 5.74) is 2.29. The van der Waals surface area contributed by atoms with Crippen LogP contribution in [0.25, 0.3) is 0 Å². The van der Waals surface area contributed by atoms with Crippen molar-refractivity contribution in [3.05, 3.63) is 29.3 Å². The van der Waals surface area contributed by atoms with Gasteiger partial charge in [0, 0.05) is 15.2 Å². The second-order valence-corrected chi connectivity index (χ2v) is 4.34. The van der Waals surface area contributed by atoms with Gasteiger partial charge >= 0.3 is 0 Å². The maximum absolute atomic E-state index is 11.7. The van der Waals surface area contributed by atoms with Crippen molar-refractivity contribution in [2.45, 2.75) is 26.2 Å². The number of nitrogens with one attached hydrogen (secondary N) is 2. The van der Waals surface area contributed by atoms with Crippen molar-refractivity contribution in [1.82, 2.24) is 5.32 Å². The molecule has 1 amide bonds. The largest absolute Gasteiger partial charge is 0.392 e. The minimum Gasteiger partial charge on any atom is -0.392 e. The van der Waals surface area contributed by atoms with Gasteiger partial charge in [0.05, 0.1) is 19.3 Å². The molecule has 1 aromatic carbocycles. The molecule has 0 fully saturated rings. The van der Waals surface area contributed by atoms with E-state index >= 15 is 0 Å². The quantitative estimate of drug-likeness (QED) is 0.675. The fraction of sp³-hybridized carbons (Fsp3) is 0.417. The van der Waals surface area contributed by atoms with E-state index in [1.165, 1.54) is 0 Å². The minimum atomic E-state index is -0.274. The Bertz CT molecular complexity index is 412. The van der Waals surface area contributed by atoms with E-state index in [1.54, 1.807) is 20.0 Å². The van der Waals surface area contributed by atoms with E-state index in [4.69, 9.17) is 4.52 Å². The first-order valence-electron chi connectivity index (χ1n) is 5.64. The molecule has 0 saturated heterocycles. The highest BCUT2D eigenvalue weighted by Crippen LogP contribution is 2.17. The predicted octanol–water partition coefficient (Wildman–Crippen LogP) is 1.03. The van der Waals surface area contributed by atoms with Gasteiger partial charge in [-0.15, -0.1) is 0 Å². The van der Waals surface area contributed by atoms with Crippen LogP contribution in [0, 0.1) is 0 Å². The fourth-order valence-corrected chi connectivity index (χ4v) is 1.68. The molecule has 18 heavy (non-hydrogen) atoms. The van der Waals surface area contributed by atoms with E-state index in [0.717, 1.165) is 11.1 Å². The molecule has 100 valence electrons. The average Bonchev–Trinajstić information content (AvgIpc) is 2.37. The van der Waals surface area contributed by atoms with Gasteiger partial charge in [-0.3, -0.25) is 4.79 Å². The van der Waals surface area contributed by atoms with Crippen LogP contribution in [-0.2, 0) is 22.5 Å². The Balaban J connectivity index is 2.87. The summed E-state index contributed by atoms with van der Waals surface area (Å²) in [6.07, 6.45) is 0. The van der Waals surface area contributed by atoms with Crippen LogP contribution in [0.15, 0.2) is 18.2 Å². The van der Waals surface area contributed by atoms with E-state index in [-0.39, 0.29) is 18.6 Å². The van der Waals surface area contributed by atoms with E-state index < -0.39 is 0 Å². The van der Waals surface area contributed by atoms with Crippen molar-refractivity contribution in [1.29, 1.82) is 0 Å². The molecule has 5 nitrogen and oxygen atoms in total. The molecule has 1 rings (SSSR count). The number of amides is 1. The third-order valence-corrected chi connectivity index (χ3v) is 2.75. The van der Waals surface area contributed by atoms with Gasteiger partial charge in [0.1, 0.15) is 0 Å². The SMILES string of the molecule is CN[C@@H](C)C(=O)Nc1cc(CO)cc(COP)c1. The number of aliphatic hydroxyl groups is 1. The van der Waals surface area contributed by atoms with E-state index in [1.807, 2.05) is 12.1 Å². The van der Waals surface area contributed by atoms with Gasteiger partial charge in [0.15, 0.2) is 0 Å². The number of aliphatic hydroxyl groups excluding tert-OH is 1. The van der Waals surface area contributed by atoms with Crippen molar-refractivity contribution >= 4 is 21.1 Å². The first-order chi connectivity index (χ1) is 8.60. The normalized spacial score (nSPS) is 12.2. The minimum absolute atomic E-state index is 0.0743. The standard InChI is InChI=1S/C12H19N2O3P/c1-8(13-2)12(16)14-11-4-9(6-15)3-10(5-11)7-17-18/h3-5,8,13,15H,6-7,18H2,1-2H3,(H,14,16)/t8-/m0/s1. The molecule has 6 heteroatoms. The Kier molecular flexibility index (Phi) is 6.22. The number of carbonyl (C=O) groups excluding carboxylic acids is 1. The second-order valence-electron chi connectivity index (χ2n) is 4.01. The van der Waals surface area contributed by atoms with Crippen molar-refractivity contribution in [2.24, 2.45) is 0 Å². The first kappa shape index (κ1) is 15.1. The van der Waals surface area contributed by atoms with Crippen LogP contribution in [0.1, 0.15) is 18.1 Å². The van der Waals surface area contributed by atoms with E-state index in [0.29, 0.717) is 12.3 Å². The number of hydrogen-bond donors (Lipinski definition) is 3. The Morgan fingerprint density at radius 2 is 2.11 bits per heavy atom. The van der Waals surface area contributed by atoms with Crippen LogP contribution < -0.4 is 10.6 Å². The van der Waals surface area contributed by atoms with Crippen LogP contribution in [0.3, 0.4) is 0 Å². The number of rotatable bonds is 6. The molecule has 0 aliphatic carbocycles. The summed E-state index contributed by atoms with van der Waals surface area (Å²) in [6, 6.07) is 5.13. The van der Waals surface area contributed by atoms with Crippen LogP contribution in [0.2, 0.25) is 0 Å². The highest BCUT2D eigenvalue weighted by molar-refractivity contribution is 7.09. The lowest BCUT2D eigenvalue weighted by atomic mass is 10.1. The zero-order valence-electron chi connectivity index (χ0n) is 10.6. The van der Waals surface area contributed by atoms with Gasteiger partial charge in [0.25, 0.3) is 0 Å². The zero-order valence-corrected chi connectivity index (χ0v) is 11.7. The van der Waals surface area contributed by atoms with Gasteiger partial charge in [-0.1, -0.05) is 6.07 Å². The summed E-state index contributed by atoms with van der Waals surface area (Å²) in [7, 11) is 3.90. The molecule has 3 N–H and O–H groups in total. The third-order valence-electron chi connectivity index (χ3n) is 2.58. The van der Waals surface area contributed by atoms with Crippen LogP contribution in [0.4, 0.5) is 5.69 Å². The van der Waals surface area contributed by atoms with Crippen molar-refractivity contribution in [3.63, 3.8) is 0 Å². The smallest absolute Gasteiger partial charge is 0.241 e. The molecule has 0 spiro atoms. The van der Waals surface area contributed by atoms with Crippen LogP contribution in [0.5, 0.6) is 0 Å². The maximum Gasteiger partial charge on any atom is 0.241 e. The summed E-state index contributed by atoms with van der Waals surface area (Å²) < 4.78 is 4.97. The van der Waals surface area contributed by atoms with Crippen molar-refractivity contribution in [3.8, 4) is 0 Å². The third kappa shape index (κ3) is 4.35. The number of hydrogen-bond acceptors (Lipinski definition) is 4. The Hall–Kier alpha value is -1.000. The highest BCUT2D eigenvalue weighted by Gasteiger charge is 2.11. The second kappa shape index (κ2) is 7.44. The zero-order chi connectivity index (χ0) is 13.5. The number of benzene rings is 1. The fourth-order valence-electron chi connectivity index (χ4n) is 1.49. The van der Waals surface area contributed by atoms with Crippen molar-refractivity contribution in [2.75, 3.05) is 12.4 Å². The monoisotopic (exact) mass is 270 g/mol. The molecular formula is C12H19N2O3P. The summed E-state index contributed by atoms with van der Waals surface area (Å²) in [6.45, 7) is 2.11. The average molecular weight is 270 g/mol. The van der Waals surface area contributed by atoms with Gasteiger partial charge in [-0.25, -0.2) is 0 Å². The molecule has 1 unspecified atom stereocenters. The highest BCUT2D eigenvalue weighted by atomic mass is 31.0. The number of carbonyl (C=O) groups is 1. The Morgan fingerprint density at radius 1 is 1.44 bits per heavy atom. The van der Waals surface area contributed by atoms with E-state index in [2.05, 4.69) is 20.1 Å². The molecule has 0 aliphatic rings. The van der Waals surface area contributed by atoms with Gasteiger partial charge in [0.2, 0.25) is 5.91 Å². The molecular weight excluding hydrogens is 251 g/mol. The first-order valence-corrected chi connectivity index (χ1v) is 6.11. The molecule has 2 atom stereocenters. The lowest BCUT2D eigenvalue weighted by Gasteiger charge is -2.13. The summed E-state index contributed by atoms with van der Waals surface area (Å²) >= 11 is 0. The predicted molar refractivity (Wildman–Crippen MR) is 74.0 cm³/mol. The molecule has 0 bridgehead atoms.